The summed E-state index contributed by atoms with van der Waals surface area (Å²) in [6, 6.07) is 16.9. The Kier molecular flexibility index (Phi) is 10.5. The Bertz CT molecular complexity index is 2070. The first kappa shape index (κ1) is 37.6. The number of carbonyl (C=O) groups is 2. The zero-order valence-corrected chi connectivity index (χ0v) is 27.9. The summed E-state index contributed by atoms with van der Waals surface area (Å²) in [6.07, 6.45) is -9.11. The van der Waals surface area contributed by atoms with Crippen molar-refractivity contribution < 1.29 is 44.3 Å². The van der Waals surface area contributed by atoms with Crippen molar-refractivity contribution >= 4 is 38.9 Å². The molecule has 4 aromatic rings. The van der Waals surface area contributed by atoms with Crippen LogP contribution in [0.3, 0.4) is 0 Å². The summed E-state index contributed by atoms with van der Waals surface area (Å²) in [7, 11) is -4.47. The van der Waals surface area contributed by atoms with Gasteiger partial charge in [0.2, 0.25) is 0 Å². The van der Waals surface area contributed by atoms with Crippen LogP contribution in [0.4, 0.5) is 37.7 Å². The van der Waals surface area contributed by atoms with E-state index in [1.807, 2.05) is 25.5 Å². The van der Waals surface area contributed by atoms with E-state index in [4.69, 9.17) is 0 Å². The number of nitrogens with zero attached hydrogens (tertiary/aromatic N) is 1. The lowest BCUT2D eigenvalue weighted by Crippen LogP contribution is -2.31. The van der Waals surface area contributed by atoms with Crippen LogP contribution in [0.5, 0.6) is 0 Å². The normalized spacial score (nSPS) is 12.7. The standard InChI is InChI=1S/C36H31F6N3O4S/c1-6-28(24-18-26(35(37,38)39)20-27(19-24)36(40,41)42)43-29-16-13-23(17-21(29)2)32(46)44-30-9-7-8-10-31(30)50(48,49)45-33(47)22-11-14-25(15-12-22)34(3,4)5/h6-20H,1H2,2-5H3,(H,44,46)(H,45,47). The van der Waals surface area contributed by atoms with Crippen LogP contribution in [-0.2, 0) is 27.8 Å². The van der Waals surface area contributed by atoms with Crippen LogP contribution < -0.4 is 10.0 Å². The highest BCUT2D eigenvalue weighted by Crippen LogP contribution is 2.37. The Morgan fingerprint density at radius 2 is 1.28 bits per heavy atom. The van der Waals surface area contributed by atoms with E-state index >= 15 is 0 Å². The number of carbonyl (C=O) groups excluding carboxylic acids is 2. The number of para-hydroxylation sites is 1. The fourth-order valence-corrected chi connectivity index (χ4v) is 5.88. The molecular formula is C36H31F6N3O4S. The predicted octanol–water partition coefficient (Wildman–Crippen LogP) is 9.01. The molecule has 0 atom stereocenters. The average molecular weight is 716 g/mol. The molecule has 14 heteroatoms. The van der Waals surface area contributed by atoms with Gasteiger partial charge in [-0.3, -0.25) is 9.59 Å². The maximum absolute atomic E-state index is 13.4. The van der Waals surface area contributed by atoms with Crippen molar-refractivity contribution in [1.82, 2.24) is 4.72 Å². The monoisotopic (exact) mass is 715 g/mol. The third-order valence-corrected chi connectivity index (χ3v) is 8.83. The van der Waals surface area contributed by atoms with Crippen LogP contribution in [0.2, 0.25) is 0 Å². The lowest BCUT2D eigenvalue weighted by molar-refractivity contribution is -0.143. The van der Waals surface area contributed by atoms with Gasteiger partial charge in [-0.15, -0.1) is 0 Å². The SMILES string of the molecule is C=CC(=Nc1ccc(C(=O)Nc2ccccc2S(=O)(=O)NC(=O)c2ccc(C(C)(C)C)cc2)cc1C)c1cc(C(F)(F)F)cc(C(F)(F)F)c1. The Morgan fingerprint density at radius 1 is 0.720 bits per heavy atom. The lowest BCUT2D eigenvalue weighted by Gasteiger charge is -2.19. The van der Waals surface area contributed by atoms with Crippen molar-refractivity contribution in [2.75, 3.05) is 5.32 Å². The van der Waals surface area contributed by atoms with E-state index in [0.29, 0.717) is 17.7 Å². The molecule has 0 aliphatic carbocycles. The van der Waals surface area contributed by atoms with Gasteiger partial charge in [-0.2, -0.15) is 26.3 Å². The number of hydrogen-bond donors (Lipinski definition) is 2. The predicted molar refractivity (Wildman–Crippen MR) is 178 cm³/mol. The summed E-state index contributed by atoms with van der Waals surface area (Å²) in [4.78, 5) is 29.9. The number of alkyl halides is 6. The maximum atomic E-state index is 13.4. The molecule has 0 aliphatic rings. The fraction of sp³-hybridized carbons (Fsp3) is 0.194. The van der Waals surface area contributed by atoms with Gasteiger partial charge in [-0.25, -0.2) is 18.1 Å². The molecule has 7 nitrogen and oxygen atoms in total. The number of allylic oxidation sites excluding steroid dienone is 1. The molecule has 0 aromatic heterocycles. The summed E-state index contributed by atoms with van der Waals surface area (Å²) in [5, 5.41) is 2.50. The Hall–Kier alpha value is -5.24. The van der Waals surface area contributed by atoms with Crippen molar-refractivity contribution in [1.29, 1.82) is 0 Å². The first-order valence-electron chi connectivity index (χ1n) is 14.8. The molecule has 50 heavy (non-hydrogen) atoms. The average Bonchev–Trinajstić information content (AvgIpc) is 3.02. The zero-order valence-electron chi connectivity index (χ0n) is 27.1. The van der Waals surface area contributed by atoms with Gasteiger partial charge in [-0.05, 0) is 90.2 Å². The van der Waals surface area contributed by atoms with Crippen LogP contribution in [-0.4, -0.2) is 25.9 Å². The Morgan fingerprint density at radius 3 is 1.80 bits per heavy atom. The topological polar surface area (TPSA) is 105 Å². The van der Waals surface area contributed by atoms with Gasteiger partial charge in [0.05, 0.1) is 28.2 Å². The minimum absolute atomic E-state index is 0.00575. The molecular weight excluding hydrogens is 684 g/mol. The second-order valence-corrected chi connectivity index (χ2v) is 13.9. The third kappa shape index (κ3) is 8.86. The molecule has 0 spiro atoms. The number of benzene rings is 4. The van der Waals surface area contributed by atoms with E-state index in [9.17, 15) is 44.3 Å². The number of anilines is 1. The molecule has 0 radical (unpaired) electrons. The van der Waals surface area contributed by atoms with Gasteiger partial charge in [0.25, 0.3) is 21.8 Å². The van der Waals surface area contributed by atoms with Gasteiger partial charge in [0, 0.05) is 16.7 Å². The minimum atomic E-state index is -5.06. The van der Waals surface area contributed by atoms with Crippen LogP contribution in [0.1, 0.15) is 69.3 Å². The molecule has 0 saturated carbocycles. The number of rotatable bonds is 8. The van der Waals surface area contributed by atoms with Crippen molar-refractivity contribution in [3.05, 3.63) is 137 Å². The van der Waals surface area contributed by atoms with E-state index in [-0.39, 0.29) is 44.6 Å². The quantitative estimate of drug-likeness (QED) is 0.140. The molecule has 0 aliphatic heterocycles. The smallest absolute Gasteiger partial charge is 0.321 e. The molecule has 262 valence electrons. The molecule has 0 unspecified atom stereocenters. The summed E-state index contributed by atoms with van der Waals surface area (Å²) in [5.41, 5.74) is -2.62. The van der Waals surface area contributed by atoms with Crippen LogP contribution >= 0.6 is 0 Å². The number of hydrogen-bond acceptors (Lipinski definition) is 5. The number of halogens is 6. The van der Waals surface area contributed by atoms with Crippen molar-refractivity contribution in [3.63, 3.8) is 0 Å². The van der Waals surface area contributed by atoms with E-state index in [1.54, 1.807) is 12.1 Å². The fourth-order valence-electron chi connectivity index (χ4n) is 4.74. The molecule has 4 aromatic carbocycles. The molecule has 2 amide bonds. The number of sulfonamides is 1. The second kappa shape index (κ2) is 13.9. The molecule has 0 heterocycles. The summed E-state index contributed by atoms with van der Waals surface area (Å²) in [6.45, 7) is 11.0. The summed E-state index contributed by atoms with van der Waals surface area (Å²) < 4.78 is 109. The van der Waals surface area contributed by atoms with E-state index in [0.717, 1.165) is 11.6 Å². The molecule has 2 N–H and O–H groups in total. The molecule has 0 saturated heterocycles. The molecule has 0 fully saturated rings. The number of aryl methyl sites for hydroxylation is 1. The van der Waals surface area contributed by atoms with Crippen molar-refractivity contribution in [2.45, 2.75) is 50.4 Å². The molecule has 4 rings (SSSR count). The van der Waals surface area contributed by atoms with Crippen LogP contribution in [0.25, 0.3) is 0 Å². The first-order valence-corrected chi connectivity index (χ1v) is 16.3. The second-order valence-electron chi connectivity index (χ2n) is 12.2. The van der Waals surface area contributed by atoms with E-state index in [1.165, 1.54) is 61.5 Å². The van der Waals surface area contributed by atoms with E-state index < -0.39 is 50.9 Å². The maximum Gasteiger partial charge on any atom is 0.416 e. The minimum Gasteiger partial charge on any atom is -0.321 e. The van der Waals surface area contributed by atoms with Gasteiger partial charge in [0.1, 0.15) is 4.90 Å². The Labute approximate surface area is 284 Å². The first-order chi connectivity index (χ1) is 23.1. The lowest BCUT2D eigenvalue weighted by atomic mass is 9.87. The van der Waals surface area contributed by atoms with Crippen molar-refractivity contribution in [3.8, 4) is 0 Å². The van der Waals surface area contributed by atoms with Gasteiger partial charge < -0.3 is 5.32 Å². The zero-order chi connectivity index (χ0) is 37.2. The van der Waals surface area contributed by atoms with Gasteiger partial charge in [0.15, 0.2) is 0 Å². The van der Waals surface area contributed by atoms with Crippen molar-refractivity contribution in [2.24, 2.45) is 4.99 Å². The third-order valence-electron chi connectivity index (χ3n) is 7.44. The number of aliphatic imine (C=N–C) groups is 1. The van der Waals surface area contributed by atoms with Gasteiger partial charge >= 0.3 is 12.4 Å². The van der Waals surface area contributed by atoms with Crippen LogP contribution in [0.15, 0.2) is 107 Å². The van der Waals surface area contributed by atoms with E-state index in [2.05, 4.69) is 16.9 Å². The highest BCUT2D eigenvalue weighted by atomic mass is 32.2. The summed E-state index contributed by atoms with van der Waals surface area (Å²) >= 11 is 0. The highest BCUT2D eigenvalue weighted by Gasteiger charge is 2.37. The highest BCUT2D eigenvalue weighted by molar-refractivity contribution is 7.90. The Balaban J connectivity index is 1.58. The van der Waals surface area contributed by atoms with Crippen LogP contribution in [0, 0.1) is 6.92 Å². The van der Waals surface area contributed by atoms with Gasteiger partial charge in [-0.1, -0.05) is 51.6 Å². The molecule has 0 bridgehead atoms. The largest absolute Gasteiger partial charge is 0.416 e. The summed E-state index contributed by atoms with van der Waals surface area (Å²) in [5.74, 6) is -1.64. The number of amides is 2. The number of nitrogens with one attached hydrogen (secondary N) is 2.